The molecular formula is C23H26N4O2. The van der Waals surface area contributed by atoms with Crippen LogP contribution in [-0.2, 0) is 11.2 Å². The predicted molar refractivity (Wildman–Crippen MR) is 113 cm³/mol. The first-order valence-electron chi connectivity index (χ1n) is 10.2. The van der Waals surface area contributed by atoms with Crippen molar-refractivity contribution >= 4 is 23.1 Å². The number of likely N-dealkylation sites (tertiary alicyclic amines) is 1. The molecule has 6 heteroatoms. The summed E-state index contributed by atoms with van der Waals surface area (Å²) in [6.07, 6.45) is 7.28. The molecule has 6 nitrogen and oxygen atoms in total. The number of rotatable bonds is 4. The lowest BCUT2D eigenvalue weighted by atomic mass is 10.0. The summed E-state index contributed by atoms with van der Waals surface area (Å²) in [6.45, 7) is 4.84. The van der Waals surface area contributed by atoms with E-state index in [9.17, 15) is 9.59 Å². The number of aryl methyl sites for hydroxylation is 1. The second-order valence-corrected chi connectivity index (χ2v) is 7.80. The molecule has 0 saturated carbocycles. The van der Waals surface area contributed by atoms with Crippen molar-refractivity contribution in [2.45, 2.75) is 45.6 Å². The Kier molecular flexibility index (Phi) is 5.34. The number of fused-ring (bicyclic) bond motifs is 1. The SMILES string of the molecule is Cc1cc(C(=O)N2CCCCC2C)ccc1NC(=O)Cc1cn2ccccc2n1. The highest BCUT2D eigenvalue weighted by Crippen LogP contribution is 2.22. The molecule has 3 aromatic rings. The molecule has 1 unspecified atom stereocenters. The summed E-state index contributed by atoms with van der Waals surface area (Å²) < 4.78 is 1.90. The lowest BCUT2D eigenvalue weighted by Crippen LogP contribution is -2.42. The fourth-order valence-electron chi connectivity index (χ4n) is 3.93. The number of piperidine rings is 1. The molecule has 1 atom stereocenters. The summed E-state index contributed by atoms with van der Waals surface area (Å²) in [7, 11) is 0. The molecule has 1 saturated heterocycles. The van der Waals surface area contributed by atoms with Crippen molar-refractivity contribution in [2.24, 2.45) is 0 Å². The summed E-state index contributed by atoms with van der Waals surface area (Å²) in [4.78, 5) is 31.8. The number of aromatic nitrogens is 2. The Hall–Kier alpha value is -3.15. The third-order valence-corrected chi connectivity index (χ3v) is 5.57. The van der Waals surface area contributed by atoms with Gasteiger partial charge in [-0.05, 0) is 69.0 Å². The van der Waals surface area contributed by atoms with Crippen LogP contribution in [-0.4, -0.2) is 38.7 Å². The van der Waals surface area contributed by atoms with Crippen LogP contribution >= 0.6 is 0 Å². The fourth-order valence-corrected chi connectivity index (χ4v) is 3.93. The molecule has 1 fully saturated rings. The van der Waals surface area contributed by atoms with Crippen LogP contribution in [0.4, 0.5) is 5.69 Å². The van der Waals surface area contributed by atoms with Gasteiger partial charge in [0.2, 0.25) is 5.91 Å². The third kappa shape index (κ3) is 4.16. The quantitative estimate of drug-likeness (QED) is 0.736. The molecule has 3 heterocycles. The summed E-state index contributed by atoms with van der Waals surface area (Å²) >= 11 is 0. The van der Waals surface area contributed by atoms with Gasteiger partial charge in [0.15, 0.2) is 0 Å². The summed E-state index contributed by atoms with van der Waals surface area (Å²) in [5, 5.41) is 2.94. The number of nitrogens with one attached hydrogen (secondary N) is 1. The molecule has 1 aliphatic rings. The molecule has 2 aromatic heterocycles. The van der Waals surface area contributed by atoms with Crippen LogP contribution in [0.5, 0.6) is 0 Å². The van der Waals surface area contributed by atoms with E-state index in [0.717, 1.165) is 42.0 Å². The zero-order valence-electron chi connectivity index (χ0n) is 16.9. The van der Waals surface area contributed by atoms with Crippen molar-refractivity contribution < 1.29 is 9.59 Å². The van der Waals surface area contributed by atoms with E-state index < -0.39 is 0 Å². The van der Waals surface area contributed by atoms with Crippen LogP contribution in [0.2, 0.25) is 0 Å². The van der Waals surface area contributed by atoms with Crippen LogP contribution in [0.25, 0.3) is 5.65 Å². The number of carbonyl (C=O) groups is 2. The maximum absolute atomic E-state index is 12.9. The zero-order chi connectivity index (χ0) is 20.4. The van der Waals surface area contributed by atoms with Gasteiger partial charge in [0.25, 0.3) is 5.91 Å². The topological polar surface area (TPSA) is 66.7 Å². The van der Waals surface area contributed by atoms with Gasteiger partial charge in [-0.25, -0.2) is 4.98 Å². The number of pyridine rings is 1. The number of imidazole rings is 1. The summed E-state index contributed by atoms with van der Waals surface area (Å²) in [5.74, 6) is -0.0527. The van der Waals surface area contributed by atoms with E-state index >= 15 is 0 Å². The van der Waals surface area contributed by atoms with E-state index in [2.05, 4.69) is 17.2 Å². The van der Waals surface area contributed by atoms with Crippen LogP contribution in [0.15, 0.2) is 48.8 Å². The van der Waals surface area contributed by atoms with Crippen molar-refractivity contribution in [3.05, 3.63) is 65.6 Å². The molecule has 29 heavy (non-hydrogen) atoms. The maximum Gasteiger partial charge on any atom is 0.254 e. The van der Waals surface area contributed by atoms with Crippen molar-refractivity contribution in [2.75, 3.05) is 11.9 Å². The van der Waals surface area contributed by atoms with E-state index in [4.69, 9.17) is 0 Å². The average molecular weight is 390 g/mol. The minimum atomic E-state index is -0.125. The van der Waals surface area contributed by atoms with Gasteiger partial charge in [0.05, 0.1) is 12.1 Å². The van der Waals surface area contributed by atoms with Crippen molar-refractivity contribution in [3.63, 3.8) is 0 Å². The average Bonchev–Trinajstić information content (AvgIpc) is 3.11. The minimum Gasteiger partial charge on any atom is -0.336 e. The van der Waals surface area contributed by atoms with Crippen LogP contribution in [0, 0.1) is 6.92 Å². The smallest absolute Gasteiger partial charge is 0.254 e. The van der Waals surface area contributed by atoms with Gasteiger partial charge < -0.3 is 14.6 Å². The molecule has 0 spiro atoms. The Labute approximate surface area is 170 Å². The van der Waals surface area contributed by atoms with Crippen LogP contribution in [0.3, 0.4) is 0 Å². The summed E-state index contributed by atoms with van der Waals surface area (Å²) in [6, 6.07) is 11.5. The molecule has 4 rings (SSSR count). The maximum atomic E-state index is 12.9. The van der Waals surface area contributed by atoms with Crippen LogP contribution < -0.4 is 5.32 Å². The Morgan fingerprint density at radius 1 is 1.21 bits per heavy atom. The molecule has 1 aromatic carbocycles. The normalized spacial score (nSPS) is 16.8. The van der Waals surface area contributed by atoms with E-state index in [0.29, 0.717) is 5.56 Å². The highest BCUT2D eigenvalue weighted by Gasteiger charge is 2.24. The van der Waals surface area contributed by atoms with E-state index in [1.807, 2.05) is 58.9 Å². The number of hydrogen-bond acceptors (Lipinski definition) is 3. The Morgan fingerprint density at radius 3 is 2.83 bits per heavy atom. The van der Waals surface area contributed by atoms with Gasteiger partial charge in [-0.1, -0.05) is 6.07 Å². The first kappa shape index (κ1) is 19.2. The van der Waals surface area contributed by atoms with E-state index in [1.54, 1.807) is 6.07 Å². The first-order chi connectivity index (χ1) is 14.0. The van der Waals surface area contributed by atoms with Gasteiger partial charge >= 0.3 is 0 Å². The Balaban J connectivity index is 1.43. The molecule has 150 valence electrons. The van der Waals surface area contributed by atoms with Gasteiger partial charge in [0.1, 0.15) is 5.65 Å². The highest BCUT2D eigenvalue weighted by molar-refractivity contribution is 5.97. The fraction of sp³-hybridized carbons (Fsp3) is 0.348. The lowest BCUT2D eigenvalue weighted by Gasteiger charge is -2.33. The molecule has 0 radical (unpaired) electrons. The molecule has 2 amide bonds. The Bertz CT molecular complexity index is 1020. The minimum absolute atomic E-state index is 0.0721. The third-order valence-electron chi connectivity index (χ3n) is 5.57. The number of hydrogen-bond donors (Lipinski definition) is 1. The molecular weight excluding hydrogens is 364 g/mol. The monoisotopic (exact) mass is 390 g/mol. The molecule has 1 aliphatic heterocycles. The second kappa shape index (κ2) is 8.07. The number of nitrogens with zero attached hydrogens (tertiary/aromatic N) is 3. The number of benzene rings is 1. The predicted octanol–water partition coefficient (Wildman–Crippen LogP) is 3.84. The van der Waals surface area contributed by atoms with Gasteiger partial charge in [0, 0.05) is 36.2 Å². The number of anilines is 1. The first-order valence-corrected chi connectivity index (χ1v) is 10.2. The lowest BCUT2D eigenvalue weighted by molar-refractivity contribution is -0.115. The van der Waals surface area contributed by atoms with Crippen LogP contribution in [0.1, 0.15) is 47.8 Å². The van der Waals surface area contributed by atoms with Gasteiger partial charge in [-0.15, -0.1) is 0 Å². The zero-order valence-corrected chi connectivity index (χ0v) is 16.9. The highest BCUT2D eigenvalue weighted by atomic mass is 16.2. The second-order valence-electron chi connectivity index (χ2n) is 7.80. The van der Waals surface area contributed by atoms with Gasteiger partial charge in [-0.3, -0.25) is 9.59 Å². The van der Waals surface area contributed by atoms with Crippen molar-refractivity contribution in [3.8, 4) is 0 Å². The standard InChI is InChI=1S/C23H26N4O2/c1-16-13-18(23(29)27-12-6-3-7-17(27)2)9-10-20(16)25-22(28)14-19-15-26-11-5-4-8-21(26)24-19/h4-5,8-11,13,15,17H,3,6-7,12,14H2,1-2H3,(H,25,28). The van der Waals surface area contributed by atoms with Gasteiger partial charge in [-0.2, -0.15) is 0 Å². The van der Waals surface area contributed by atoms with Crippen molar-refractivity contribution in [1.82, 2.24) is 14.3 Å². The Morgan fingerprint density at radius 2 is 2.07 bits per heavy atom. The van der Waals surface area contributed by atoms with E-state index in [-0.39, 0.29) is 24.3 Å². The number of carbonyl (C=O) groups excluding carboxylic acids is 2. The molecule has 0 aliphatic carbocycles. The molecule has 1 N–H and O–H groups in total. The molecule has 0 bridgehead atoms. The van der Waals surface area contributed by atoms with Crippen molar-refractivity contribution in [1.29, 1.82) is 0 Å². The number of amides is 2. The summed E-state index contributed by atoms with van der Waals surface area (Å²) in [5.41, 5.74) is 3.82. The van der Waals surface area contributed by atoms with E-state index in [1.165, 1.54) is 6.42 Å². The largest absolute Gasteiger partial charge is 0.336 e.